The number of carbonyl (C=O) groups is 1. The molecule has 0 fully saturated rings. The summed E-state index contributed by atoms with van der Waals surface area (Å²) in [7, 11) is 0. The van der Waals surface area contributed by atoms with E-state index in [1.54, 1.807) is 24.3 Å². The lowest BCUT2D eigenvalue weighted by Gasteiger charge is -2.06. The number of fused-ring (bicyclic) bond motifs is 1. The molecule has 0 saturated carbocycles. The van der Waals surface area contributed by atoms with Crippen molar-refractivity contribution in [3.05, 3.63) is 77.9 Å². The Morgan fingerprint density at radius 3 is 2.62 bits per heavy atom. The number of allylic oxidation sites excluding steroid dienone is 1. The first-order valence-corrected chi connectivity index (χ1v) is 7.84. The molecule has 120 valence electrons. The van der Waals surface area contributed by atoms with Crippen LogP contribution in [-0.4, -0.2) is 17.5 Å². The number of carbonyl (C=O) groups excluding carboxylic acids is 1. The summed E-state index contributed by atoms with van der Waals surface area (Å²) in [6.45, 7) is 2.32. The smallest absolute Gasteiger partial charge is 0.185 e. The number of ether oxygens (including phenoxy) is 1. The Balaban J connectivity index is 1.82. The zero-order valence-electron chi connectivity index (χ0n) is 13.4. The van der Waals surface area contributed by atoms with Crippen molar-refractivity contribution in [1.29, 1.82) is 0 Å². The molecular weight excluding hydrogens is 300 g/mol. The number of benzene rings is 3. The highest BCUT2D eigenvalue weighted by molar-refractivity contribution is 6.08. The first-order valence-electron chi connectivity index (χ1n) is 7.84. The van der Waals surface area contributed by atoms with Crippen molar-refractivity contribution in [1.82, 2.24) is 0 Å². The summed E-state index contributed by atoms with van der Waals surface area (Å²) in [6, 6.07) is 18.6. The summed E-state index contributed by atoms with van der Waals surface area (Å²) in [5.74, 6) is 0.444. The molecule has 0 aliphatic carbocycles. The fourth-order valence-corrected chi connectivity index (χ4v) is 2.52. The SMILES string of the molecule is CCOc1cc(C=CC(=O)c2ccc3ccccc3c2)ccc1O. The van der Waals surface area contributed by atoms with Gasteiger partial charge in [0.25, 0.3) is 0 Å². The van der Waals surface area contributed by atoms with Gasteiger partial charge in [-0.15, -0.1) is 0 Å². The fourth-order valence-electron chi connectivity index (χ4n) is 2.52. The minimum atomic E-state index is -0.0632. The highest BCUT2D eigenvalue weighted by atomic mass is 16.5. The first kappa shape index (κ1) is 15.8. The van der Waals surface area contributed by atoms with Gasteiger partial charge in [-0.25, -0.2) is 0 Å². The summed E-state index contributed by atoms with van der Waals surface area (Å²) >= 11 is 0. The molecule has 0 aliphatic heterocycles. The summed E-state index contributed by atoms with van der Waals surface area (Å²) < 4.78 is 5.35. The van der Waals surface area contributed by atoms with Crippen molar-refractivity contribution in [3.8, 4) is 11.5 Å². The van der Waals surface area contributed by atoms with Crippen LogP contribution in [0.3, 0.4) is 0 Å². The third-order valence-corrected chi connectivity index (χ3v) is 3.74. The lowest BCUT2D eigenvalue weighted by atomic mass is 10.0. The monoisotopic (exact) mass is 318 g/mol. The molecule has 0 bridgehead atoms. The van der Waals surface area contributed by atoms with Crippen LogP contribution in [0.2, 0.25) is 0 Å². The van der Waals surface area contributed by atoms with Crippen LogP contribution in [0, 0.1) is 0 Å². The van der Waals surface area contributed by atoms with E-state index in [1.807, 2.05) is 49.4 Å². The Morgan fingerprint density at radius 2 is 1.83 bits per heavy atom. The average Bonchev–Trinajstić information content (AvgIpc) is 2.62. The van der Waals surface area contributed by atoms with Gasteiger partial charge in [0.05, 0.1) is 6.61 Å². The molecule has 3 aromatic carbocycles. The molecule has 0 radical (unpaired) electrons. The molecule has 3 heteroatoms. The van der Waals surface area contributed by atoms with Gasteiger partial charge in [-0.2, -0.15) is 0 Å². The van der Waals surface area contributed by atoms with Crippen molar-refractivity contribution < 1.29 is 14.6 Å². The van der Waals surface area contributed by atoms with Gasteiger partial charge in [-0.3, -0.25) is 4.79 Å². The summed E-state index contributed by atoms with van der Waals surface area (Å²) in [5, 5.41) is 11.9. The van der Waals surface area contributed by atoms with Gasteiger partial charge in [0.15, 0.2) is 17.3 Å². The van der Waals surface area contributed by atoms with Crippen LogP contribution in [0.5, 0.6) is 11.5 Å². The Hall–Kier alpha value is -3.07. The summed E-state index contributed by atoms with van der Waals surface area (Å²) in [4.78, 5) is 12.4. The van der Waals surface area contributed by atoms with Crippen molar-refractivity contribution in [2.45, 2.75) is 6.92 Å². The highest BCUT2D eigenvalue weighted by Gasteiger charge is 2.05. The maximum Gasteiger partial charge on any atom is 0.185 e. The number of phenolic OH excluding ortho intramolecular Hbond substituents is 1. The van der Waals surface area contributed by atoms with Crippen LogP contribution in [0.15, 0.2) is 66.7 Å². The molecule has 0 spiro atoms. The minimum absolute atomic E-state index is 0.0632. The van der Waals surface area contributed by atoms with E-state index in [2.05, 4.69) is 0 Å². The molecular formula is C21H18O3. The fraction of sp³-hybridized carbons (Fsp3) is 0.0952. The second-order valence-electron chi connectivity index (χ2n) is 5.42. The number of rotatable bonds is 5. The largest absolute Gasteiger partial charge is 0.504 e. The molecule has 0 amide bonds. The Labute approximate surface area is 140 Å². The van der Waals surface area contributed by atoms with Gasteiger partial charge in [0.1, 0.15) is 0 Å². The first-order chi connectivity index (χ1) is 11.7. The molecule has 24 heavy (non-hydrogen) atoms. The lowest BCUT2D eigenvalue weighted by molar-refractivity contribution is 0.104. The second kappa shape index (κ2) is 7.01. The van der Waals surface area contributed by atoms with E-state index in [-0.39, 0.29) is 11.5 Å². The molecule has 1 N–H and O–H groups in total. The molecule has 3 nitrogen and oxygen atoms in total. The van der Waals surface area contributed by atoms with Crippen LogP contribution in [0.25, 0.3) is 16.8 Å². The minimum Gasteiger partial charge on any atom is -0.504 e. The number of phenols is 1. The zero-order chi connectivity index (χ0) is 16.9. The zero-order valence-corrected chi connectivity index (χ0v) is 13.4. The number of ketones is 1. The topological polar surface area (TPSA) is 46.5 Å². The molecule has 0 aliphatic rings. The molecule has 3 aromatic rings. The standard InChI is InChI=1S/C21H18O3/c1-2-24-21-13-15(8-12-20(21)23)7-11-19(22)18-10-9-16-5-3-4-6-17(16)14-18/h3-14,23H,2H2,1H3. The third kappa shape index (κ3) is 3.46. The van der Waals surface area contributed by atoms with E-state index < -0.39 is 0 Å². The van der Waals surface area contributed by atoms with Gasteiger partial charge < -0.3 is 9.84 Å². The van der Waals surface area contributed by atoms with Gasteiger partial charge in [0, 0.05) is 5.56 Å². The van der Waals surface area contributed by atoms with Crippen molar-refractivity contribution in [3.63, 3.8) is 0 Å². The molecule has 0 unspecified atom stereocenters. The average molecular weight is 318 g/mol. The Bertz CT molecular complexity index is 910. The maximum atomic E-state index is 12.4. The normalized spacial score (nSPS) is 11.0. The van der Waals surface area contributed by atoms with E-state index >= 15 is 0 Å². The van der Waals surface area contributed by atoms with Crippen molar-refractivity contribution in [2.75, 3.05) is 6.61 Å². The molecule has 0 aromatic heterocycles. The second-order valence-corrected chi connectivity index (χ2v) is 5.42. The number of aromatic hydroxyl groups is 1. The van der Waals surface area contributed by atoms with E-state index in [1.165, 1.54) is 6.08 Å². The highest BCUT2D eigenvalue weighted by Crippen LogP contribution is 2.27. The predicted octanol–water partition coefficient (Wildman–Crippen LogP) is 4.84. The van der Waals surface area contributed by atoms with Crippen LogP contribution in [-0.2, 0) is 0 Å². The Kier molecular flexibility index (Phi) is 4.62. The molecule has 0 atom stereocenters. The number of hydrogen-bond acceptors (Lipinski definition) is 3. The van der Waals surface area contributed by atoms with E-state index in [0.717, 1.165) is 16.3 Å². The van der Waals surface area contributed by atoms with Gasteiger partial charge >= 0.3 is 0 Å². The molecule has 0 heterocycles. The molecule has 3 rings (SSSR count). The van der Waals surface area contributed by atoms with Crippen molar-refractivity contribution in [2.24, 2.45) is 0 Å². The van der Waals surface area contributed by atoms with Gasteiger partial charge in [0.2, 0.25) is 0 Å². The number of hydrogen-bond donors (Lipinski definition) is 1. The molecule has 0 saturated heterocycles. The van der Waals surface area contributed by atoms with E-state index in [4.69, 9.17) is 4.74 Å². The van der Waals surface area contributed by atoms with Crippen LogP contribution < -0.4 is 4.74 Å². The van der Waals surface area contributed by atoms with Crippen LogP contribution >= 0.6 is 0 Å². The predicted molar refractivity (Wildman–Crippen MR) is 96.6 cm³/mol. The third-order valence-electron chi connectivity index (χ3n) is 3.74. The quantitative estimate of drug-likeness (QED) is 0.541. The van der Waals surface area contributed by atoms with Crippen LogP contribution in [0.1, 0.15) is 22.8 Å². The summed E-state index contributed by atoms with van der Waals surface area (Å²) in [6.07, 6.45) is 3.26. The summed E-state index contributed by atoms with van der Waals surface area (Å²) in [5.41, 5.74) is 1.44. The lowest BCUT2D eigenvalue weighted by Crippen LogP contribution is -1.94. The van der Waals surface area contributed by atoms with E-state index in [9.17, 15) is 9.90 Å². The van der Waals surface area contributed by atoms with Gasteiger partial charge in [-0.05, 0) is 47.5 Å². The maximum absolute atomic E-state index is 12.4. The van der Waals surface area contributed by atoms with Crippen molar-refractivity contribution >= 4 is 22.6 Å². The Morgan fingerprint density at radius 1 is 1.04 bits per heavy atom. The van der Waals surface area contributed by atoms with Gasteiger partial charge in [-0.1, -0.05) is 48.5 Å². The van der Waals surface area contributed by atoms with E-state index in [0.29, 0.717) is 17.9 Å². The van der Waals surface area contributed by atoms with Crippen LogP contribution in [0.4, 0.5) is 0 Å².